The third-order valence-corrected chi connectivity index (χ3v) is 3.49. The Bertz CT molecular complexity index is 509. The van der Waals surface area contributed by atoms with Crippen LogP contribution in [0.4, 0.5) is 5.69 Å². The van der Waals surface area contributed by atoms with Crippen LogP contribution in [0.15, 0.2) is 24.3 Å². The number of anilines is 1. The van der Waals surface area contributed by atoms with Crippen LogP contribution in [0.3, 0.4) is 0 Å². The summed E-state index contributed by atoms with van der Waals surface area (Å²) < 4.78 is 0. The normalized spacial score (nSPS) is 18.9. The molecule has 1 aromatic carbocycles. The van der Waals surface area contributed by atoms with E-state index in [0.717, 1.165) is 11.3 Å². The highest BCUT2D eigenvalue weighted by Gasteiger charge is 2.35. The molecule has 1 unspecified atom stereocenters. The number of benzene rings is 1. The molecule has 0 radical (unpaired) electrons. The van der Waals surface area contributed by atoms with Crippen molar-refractivity contribution in [1.82, 2.24) is 5.32 Å². The van der Waals surface area contributed by atoms with Crippen LogP contribution in [0.1, 0.15) is 26.3 Å². The van der Waals surface area contributed by atoms with Gasteiger partial charge in [0.15, 0.2) is 0 Å². The number of carbonyl (C=O) groups is 2. The highest BCUT2D eigenvalue weighted by Crippen LogP contribution is 2.26. The summed E-state index contributed by atoms with van der Waals surface area (Å²) in [7, 11) is 0. The van der Waals surface area contributed by atoms with Crippen LogP contribution in [-0.4, -0.2) is 29.1 Å². The van der Waals surface area contributed by atoms with Gasteiger partial charge >= 0.3 is 5.97 Å². The number of amides is 1. The average Bonchev–Trinajstić information content (AvgIpc) is 2.77. The van der Waals surface area contributed by atoms with E-state index in [9.17, 15) is 14.7 Å². The number of carbonyl (C=O) groups excluding carboxylic acids is 1. The van der Waals surface area contributed by atoms with Gasteiger partial charge in [0, 0.05) is 12.1 Å². The fraction of sp³-hybridized carbons (Fsp3) is 0.467. The van der Waals surface area contributed by atoms with E-state index in [-0.39, 0.29) is 5.91 Å². The van der Waals surface area contributed by atoms with Crippen molar-refractivity contribution in [2.45, 2.75) is 39.3 Å². The molecule has 5 heteroatoms. The van der Waals surface area contributed by atoms with Gasteiger partial charge in [0.2, 0.25) is 5.91 Å². The van der Waals surface area contributed by atoms with E-state index in [0.29, 0.717) is 6.42 Å². The summed E-state index contributed by atoms with van der Waals surface area (Å²) in [5.74, 6) is -1.29. The lowest BCUT2D eigenvalue weighted by atomic mass is 9.86. The Morgan fingerprint density at radius 1 is 1.35 bits per heavy atom. The Balaban J connectivity index is 2.05. The molecule has 108 valence electrons. The van der Waals surface area contributed by atoms with Crippen LogP contribution in [-0.2, 0) is 16.0 Å². The van der Waals surface area contributed by atoms with Crippen molar-refractivity contribution in [1.29, 1.82) is 0 Å². The molecule has 2 rings (SSSR count). The SMILES string of the molecule is CC(C)(C)[C@H](NC(=O)C1Cc2ccccc2N1)C(=O)O. The van der Waals surface area contributed by atoms with Crippen LogP contribution in [0.25, 0.3) is 0 Å². The molecule has 20 heavy (non-hydrogen) atoms. The quantitative estimate of drug-likeness (QED) is 0.784. The Kier molecular flexibility index (Phi) is 3.70. The van der Waals surface area contributed by atoms with Crippen molar-refractivity contribution in [2.24, 2.45) is 5.41 Å². The minimum absolute atomic E-state index is 0.275. The summed E-state index contributed by atoms with van der Waals surface area (Å²) in [6.45, 7) is 5.38. The van der Waals surface area contributed by atoms with E-state index in [2.05, 4.69) is 10.6 Å². The standard InChI is InChI=1S/C15H20N2O3/c1-15(2,3)12(14(19)20)17-13(18)11-8-9-6-4-5-7-10(9)16-11/h4-7,11-12,16H,8H2,1-3H3,(H,17,18)(H,19,20)/t11?,12-/m1/s1. The highest BCUT2D eigenvalue weighted by atomic mass is 16.4. The second-order valence-corrected chi connectivity index (χ2v) is 6.20. The molecule has 0 bridgehead atoms. The van der Waals surface area contributed by atoms with Gasteiger partial charge in [-0.3, -0.25) is 4.79 Å². The third-order valence-electron chi connectivity index (χ3n) is 3.49. The number of carboxylic acids is 1. The van der Waals surface area contributed by atoms with Crippen molar-refractivity contribution in [3.05, 3.63) is 29.8 Å². The molecule has 1 aliphatic rings. The van der Waals surface area contributed by atoms with Crippen molar-refractivity contribution in [2.75, 3.05) is 5.32 Å². The molecule has 1 aliphatic heterocycles. The largest absolute Gasteiger partial charge is 0.480 e. The molecule has 0 aliphatic carbocycles. The van der Waals surface area contributed by atoms with E-state index in [1.807, 2.05) is 24.3 Å². The van der Waals surface area contributed by atoms with Crippen LogP contribution < -0.4 is 10.6 Å². The van der Waals surface area contributed by atoms with E-state index in [1.165, 1.54) is 0 Å². The van der Waals surface area contributed by atoms with Gasteiger partial charge < -0.3 is 15.7 Å². The van der Waals surface area contributed by atoms with Gasteiger partial charge in [0.25, 0.3) is 0 Å². The number of fused-ring (bicyclic) bond motifs is 1. The maximum Gasteiger partial charge on any atom is 0.326 e. The van der Waals surface area contributed by atoms with E-state index in [1.54, 1.807) is 20.8 Å². The first-order valence-corrected chi connectivity index (χ1v) is 6.66. The minimum atomic E-state index is -1.01. The molecule has 3 N–H and O–H groups in total. The molecule has 5 nitrogen and oxygen atoms in total. The Labute approximate surface area is 118 Å². The van der Waals surface area contributed by atoms with E-state index in [4.69, 9.17) is 0 Å². The van der Waals surface area contributed by atoms with Gasteiger partial charge in [-0.1, -0.05) is 39.0 Å². The van der Waals surface area contributed by atoms with E-state index >= 15 is 0 Å². The predicted molar refractivity (Wildman–Crippen MR) is 76.6 cm³/mol. The lowest BCUT2D eigenvalue weighted by Gasteiger charge is -2.28. The Hall–Kier alpha value is -2.04. The molecule has 0 fully saturated rings. The van der Waals surface area contributed by atoms with E-state index < -0.39 is 23.5 Å². The molecule has 1 heterocycles. The maximum atomic E-state index is 12.2. The summed E-state index contributed by atoms with van der Waals surface area (Å²) in [6, 6.07) is 6.41. The maximum absolute atomic E-state index is 12.2. The summed E-state index contributed by atoms with van der Waals surface area (Å²) >= 11 is 0. The lowest BCUT2D eigenvalue weighted by molar-refractivity contribution is -0.145. The zero-order valence-corrected chi connectivity index (χ0v) is 11.9. The van der Waals surface area contributed by atoms with Crippen LogP contribution in [0.2, 0.25) is 0 Å². The molecule has 0 spiro atoms. The summed E-state index contributed by atoms with van der Waals surface area (Å²) in [5, 5.41) is 15.0. The topological polar surface area (TPSA) is 78.4 Å². The zero-order valence-electron chi connectivity index (χ0n) is 11.9. The number of rotatable bonds is 3. The number of aliphatic carboxylic acids is 1. The lowest BCUT2D eigenvalue weighted by Crippen LogP contribution is -2.53. The first-order valence-electron chi connectivity index (χ1n) is 6.66. The van der Waals surface area contributed by atoms with Gasteiger partial charge in [0.05, 0.1) is 0 Å². The number of hydrogen-bond donors (Lipinski definition) is 3. The van der Waals surface area contributed by atoms with Gasteiger partial charge in [-0.05, 0) is 17.0 Å². The van der Waals surface area contributed by atoms with Crippen LogP contribution >= 0.6 is 0 Å². The number of hydrogen-bond acceptors (Lipinski definition) is 3. The fourth-order valence-electron chi connectivity index (χ4n) is 2.35. The van der Waals surface area contributed by atoms with Gasteiger partial charge in [0.1, 0.15) is 12.1 Å². The van der Waals surface area contributed by atoms with Gasteiger partial charge in [-0.25, -0.2) is 4.79 Å². The van der Waals surface area contributed by atoms with Gasteiger partial charge in [-0.2, -0.15) is 0 Å². The summed E-state index contributed by atoms with van der Waals surface area (Å²) in [5.41, 5.74) is 1.48. The highest BCUT2D eigenvalue weighted by molar-refractivity contribution is 5.91. The third kappa shape index (κ3) is 2.92. The number of para-hydroxylation sites is 1. The monoisotopic (exact) mass is 276 g/mol. The fourth-order valence-corrected chi connectivity index (χ4v) is 2.35. The molecule has 0 aromatic heterocycles. The van der Waals surface area contributed by atoms with Gasteiger partial charge in [-0.15, -0.1) is 0 Å². The molecule has 1 aromatic rings. The second-order valence-electron chi connectivity index (χ2n) is 6.20. The molecule has 0 saturated carbocycles. The molecule has 1 amide bonds. The van der Waals surface area contributed by atoms with Crippen LogP contribution in [0.5, 0.6) is 0 Å². The first kappa shape index (κ1) is 14.4. The zero-order chi connectivity index (χ0) is 14.9. The van der Waals surface area contributed by atoms with Crippen molar-refractivity contribution in [3.63, 3.8) is 0 Å². The summed E-state index contributed by atoms with van der Waals surface area (Å²) in [4.78, 5) is 23.5. The van der Waals surface area contributed by atoms with Crippen LogP contribution in [0, 0.1) is 5.41 Å². The molecule has 2 atom stereocenters. The molecular formula is C15H20N2O3. The second kappa shape index (κ2) is 5.15. The molecular weight excluding hydrogens is 256 g/mol. The number of nitrogens with one attached hydrogen (secondary N) is 2. The molecule has 0 saturated heterocycles. The smallest absolute Gasteiger partial charge is 0.326 e. The van der Waals surface area contributed by atoms with Crippen molar-refractivity contribution < 1.29 is 14.7 Å². The van der Waals surface area contributed by atoms with Crippen molar-refractivity contribution >= 4 is 17.6 Å². The first-order chi connectivity index (χ1) is 9.29. The summed E-state index contributed by atoms with van der Waals surface area (Å²) in [6.07, 6.45) is 0.582. The number of carboxylic acid groups (broad SMARTS) is 1. The van der Waals surface area contributed by atoms with Crippen molar-refractivity contribution in [3.8, 4) is 0 Å². The Morgan fingerprint density at radius 3 is 2.55 bits per heavy atom. The predicted octanol–water partition coefficient (Wildman–Crippen LogP) is 1.64. The minimum Gasteiger partial charge on any atom is -0.480 e. The average molecular weight is 276 g/mol. The Morgan fingerprint density at radius 2 is 2.00 bits per heavy atom.